The Kier molecular flexibility index (Phi) is 6.27. The summed E-state index contributed by atoms with van der Waals surface area (Å²) in [5, 5.41) is 15.9. The molecule has 7 heteroatoms. The number of likely N-dealkylation sites (tertiary alicyclic amines) is 1. The Morgan fingerprint density at radius 3 is 2.81 bits per heavy atom. The molecule has 1 saturated carbocycles. The quantitative estimate of drug-likeness (QED) is 0.611. The molecule has 0 spiro atoms. The fourth-order valence-corrected chi connectivity index (χ4v) is 4.83. The van der Waals surface area contributed by atoms with Crippen LogP contribution in [0.3, 0.4) is 0 Å². The molecule has 0 radical (unpaired) electrons. The molecule has 1 aliphatic carbocycles. The minimum absolute atomic E-state index is 0.499. The lowest BCUT2D eigenvalue weighted by Crippen LogP contribution is -2.45. The predicted octanol–water partition coefficient (Wildman–Crippen LogP) is 2.08. The second kappa shape index (κ2) is 9.04. The molecule has 0 bridgehead atoms. The molecule has 3 heterocycles. The van der Waals surface area contributed by atoms with Gasteiger partial charge in [-0.15, -0.1) is 10.2 Å². The van der Waals surface area contributed by atoms with Gasteiger partial charge >= 0.3 is 0 Å². The van der Waals surface area contributed by atoms with E-state index in [9.17, 15) is 0 Å². The number of hydrogen-bond donors (Lipinski definition) is 2. The summed E-state index contributed by atoms with van der Waals surface area (Å²) in [4.78, 5) is 7.52. The van der Waals surface area contributed by atoms with Crippen LogP contribution < -0.4 is 10.6 Å². The summed E-state index contributed by atoms with van der Waals surface area (Å²) in [5.74, 6) is 3.06. The van der Waals surface area contributed by atoms with E-state index in [-0.39, 0.29) is 0 Å². The smallest absolute Gasteiger partial charge is 0.191 e. The molecule has 2 aliphatic heterocycles. The summed E-state index contributed by atoms with van der Waals surface area (Å²) < 4.78 is 2.29. The summed E-state index contributed by atoms with van der Waals surface area (Å²) in [5.41, 5.74) is 0. The highest BCUT2D eigenvalue weighted by molar-refractivity contribution is 5.80. The minimum Gasteiger partial charge on any atom is -0.357 e. The number of aliphatic imine (C=N–C) groups is 1. The Hall–Kier alpha value is -1.63. The van der Waals surface area contributed by atoms with E-state index < -0.39 is 0 Å². The van der Waals surface area contributed by atoms with Crippen LogP contribution in [0.2, 0.25) is 0 Å². The average Bonchev–Trinajstić information content (AvgIpc) is 3.39. The van der Waals surface area contributed by atoms with Crippen molar-refractivity contribution in [3.05, 3.63) is 11.6 Å². The van der Waals surface area contributed by atoms with Gasteiger partial charge in [0.1, 0.15) is 12.4 Å². The van der Waals surface area contributed by atoms with E-state index >= 15 is 0 Å². The van der Waals surface area contributed by atoms with Gasteiger partial charge in [0.15, 0.2) is 11.8 Å². The highest BCUT2D eigenvalue weighted by Gasteiger charge is 2.30. The van der Waals surface area contributed by atoms with Crippen LogP contribution in [0.1, 0.15) is 69.9 Å². The number of aromatic nitrogens is 3. The van der Waals surface area contributed by atoms with E-state index in [1.54, 1.807) is 0 Å². The van der Waals surface area contributed by atoms with Gasteiger partial charge in [-0.1, -0.05) is 19.3 Å². The van der Waals surface area contributed by atoms with Crippen molar-refractivity contribution in [2.75, 3.05) is 19.6 Å². The van der Waals surface area contributed by atoms with Crippen LogP contribution in [0.5, 0.6) is 0 Å². The van der Waals surface area contributed by atoms with Crippen molar-refractivity contribution < 1.29 is 0 Å². The molecule has 2 N–H and O–H groups in total. The number of fused-ring (bicyclic) bond motifs is 1. The van der Waals surface area contributed by atoms with Crippen LogP contribution in [0.25, 0.3) is 0 Å². The number of guanidine groups is 1. The molecule has 0 amide bonds. The van der Waals surface area contributed by atoms with Crippen molar-refractivity contribution in [2.24, 2.45) is 4.99 Å². The molecule has 1 saturated heterocycles. The van der Waals surface area contributed by atoms with E-state index in [0.29, 0.717) is 12.6 Å². The molecule has 7 nitrogen and oxygen atoms in total. The first kappa shape index (κ1) is 18.7. The Morgan fingerprint density at radius 2 is 1.96 bits per heavy atom. The monoisotopic (exact) mass is 373 g/mol. The maximum Gasteiger partial charge on any atom is 0.191 e. The summed E-state index contributed by atoms with van der Waals surface area (Å²) >= 11 is 0. The van der Waals surface area contributed by atoms with Gasteiger partial charge in [0, 0.05) is 44.7 Å². The van der Waals surface area contributed by atoms with Crippen LogP contribution in [0.4, 0.5) is 0 Å². The fraction of sp³-hybridized carbons (Fsp3) is 0.850. The van der Waals surface area contributed by atoms with E-state index in [2.05, 4.69) is 37.2 Å². The van der Waals surface area contributed by atoms with E-state index in [1.165, 1.54) is 57.9 Å². The summed E-state index contributed by atoms with van der Waals surface area (Å²) in [6, 6.07) is 1.32. The number of aryl methyl sites for hydroxylation is 1. The molecule has 27 heavy (non-hydrogen) atoms. The van der Waals surface area contributed by atoms with Gasteiger partial charge in [-0.2, -0.15) is 0 Å². The van der Waals surface area contributed by atoms with Gasteiger partial charge < -0.3 is 15.2 Å². The molecular formula is C20H35N7. The molecule has 1 aromatic heterocycles. The van der Waals surface area contributed by atoms with Crippen molar-refractivity contribution in [2.45, 2.75) is 89.9 Å². The molecule has 1 unspecified atom stereocenters. The topological polar surface area (TPSA) is 70.4 Å². The highest BCUT2D eigenvalue weighted by atomic mass is 15.3. The molecule has 0 aromatic carbocycles. The predicted molar refractivity (Wildman–Crippen MR) is 108 cm³/mol. The number of hydrogen-bond acceptors (Lipinski definition) is 4. The Balaban J connectivity index is 1.35. The Morgan fingerprint density at radius 1 is 1.07 bits per heavy atom. The zero-order chi connectivity index (χ0) is 18.5. The van der Waals surface area contributed by atoms with Crippen LogP contribution >= 0.6 is 0 Å². The van der Waals surface area contributed by atoms with Gasteiger partial charge in [-0.3, -0.25) is 4.90 Å². The highest BCUT2D eigenvalue weighted by Crippen LogP contribution is 2.26. The van der Waals surface area contributed by atoms with Crippen molar-refractivity contribution in [3.8, 4) is 0 Å². The molecule has 1 atom stereocenters. The largest absolute Gasteiger partial charge is 0.357 e. The molecule has 1 aromatic rings. The Bertz CT molecular complexity index is 632. The minimum atomic E-state index is 0.499. The maximum atomic E-state index is 4.83. The van der Waals surface area contributed by atoms with Crippen molar-refractivity contribution in [3.63, 3.8) is 0 Å². The lowest BCUT2D eigenvalue weighted by atomic mass is 10.2. The molecule has 3 aliphatic rings. The van der Waals surface area contributed by atoms with Crippen molar-refractivity contribution >= 4 is 5.96 Å². The van der Waals surface area contributed by atoms with Crippen LogP contribution in [-0.4, -0.2) is 57.3 Å². The zero-order valence-corrected chi connectivity index (χ0v) is 16.8. The molecule has 150 valence electrons. The second-order valence-corrected chi connectivity index (χ2v) is 8.25. The summed E-state index contributed by atoms with van der Waals surface area (Å²) in [6.45, 7) is 7.01. The van der Waals surface area contributed by atoms with E-state index in [4.69, 9.17) is 4.99 Å². The first-order valence-electron chi connectivity index (χ1n) is 11.0. The van der Waals surface area contributed by atoms with Crippen LogP contribution in [0, 0.1) is 0 Å². The standard InChI is InChI=1S/C20H35N7/c1-2-21-20(23-16-11-13-26(15-16)17-8-5-6-9-17)22-14-19-25-24-18-10-4-3-7-12-27(18)19/h16-17H,2-15H2,1H3,(H2,21,22,23). The Labute approximate surface area is 163 Å². The summed E-state index contributed by atoms with van der Waals surface area (Å²) in [7, 11) is 0. The first-order chi connectivity index (χ1) is 13.3. The van der Waals surface area contributed by atoms with Crippen molar-refractivity contribution in [1.82, 2.24) is 30.3 Å². The lowest BCUT2D eigenvalue weighted by molar-refractivity contribution is 0.242. The summed E-state index contributed by atoms with van der Waals surface area (Å²) in [6.07, 6.45) is 11.6. The molecule has 2 fully saturated rings. The fourth-order valence-electron chi connectivity index (χ4n) is 4.83. The van der Waals surface area contributed by atoms with Gasteiger partial charge in [0.25, 0.3) is 0 Å². The second-order valence-electron chi connectivity index (χ2n) is 8.25. The average molecular weight is 374 g/mol. The van der Waals surface area contributed by atoms with Gasteiger partial charge in [-0.05, 0) is 39.0 Å². The third-order valence-electron chi connectivity index (χ3n) is 6.31. The van der Waals surface area contributed by atoms with E-state index in [1.807, 2.05) is 0 Å². The van der Waals surface area contributed by atoms with Gasteiger partial charge in [0.2, 0.25) is 0 Å². The SMILES string of the molecule is CCNC(=NCc1nnc2n1CCCCC2)NC1CCN(C2CCCC2)C1. The molecular weight excluding hydrogens is 338 g/mol. The third kappa shape index (κ3) is 4.62. The van der Waals surface area contributed by atoms with Crippen LogP contribution in [-0.2, 0) is 19.5 Å². The maximum absolute atomic E-state index is 4.83. The zero-order valence-electron chi connectivity index (χ0n) is 16.8. The van der Waals surface area contributed by atoms with Gasteiger partial charge in [0.05, 0.1) is 0 Å². The molecule has 4 rings (SSSR count). The first-order valence-corrected chi connectivity index (χ1v) is 11.0. The third-order valence-corrected chi connectivity index (χ3v) is 6.31. The number of rotatable bonds is 5. The van der Waals surface area contributed by atoms with Crippen molar-refractivity contribution in [1.29, 1.82) is 0 Å². The number of nitrogens with one attached hydrogen (secondary N) is 2. The number of nitrogens with zero attached hydrogens (tertiary/aromatic N) is 5. The van der Waals surface area contributed by atoms with Crippen LogP contribution in [0.15, 0.2) is 4.99 Å². The normalized spacial score (nSPS) is 24.8. The lowest BCUT2D eigenvalue weighted by Gasteiger charge is -2.24. The van der Waals surface area contributed by atoms with E-state index in [0.717, 1.165) is 49.7 Å². The van der Waals surface area contributed by atoms with Gasteiger partial charge in [-0.25, -0.2) is 4.99 Å².